The minimum atomic E-state index is -0.435. The third-order valence-electron chi connectivity index (χ3n) is 2.72. The first-order valence-corrected chi connectivity index (χ1v) is 7.13. The maximum absolute atomic E-state index is 14.0. The number of benzene rings is 2. The van der Waals surface area contributed by atoms with Gasteiger partial charge in [0.05, 0.1) is 11.9 Å². The van der Waals surface area contributed by atoms with E-state index in [1.54, 1.807) is 30.3 Å². The Labute approximate surface area is 129 Å². The third kappa shape index (κ3) is 3.04. The fraction of sp³-hybridized carbons (Fsp3) is 0.143. The first kappa shape index (κ1) is 14.6. The van der Waals surface area contributed by atoms with E-state index in [0.29, 0.717) is 26.9 Å². The third-order valence-corrected chi connectivity index (χ3v) is 4.25. The van der Waals surface area contributed by atoms with Crippen LogP contribution in [0.4, 0.5) is 4.39 Å². The van der Waals surface area contributed by atoms with E-state index in [1.165, 1.54) is 13.2 Å². The van der Waals surface area contributed by atoms with E-state index in [4.69, 9.17) is 27.9 Å². The fourth-order valence-electron chi connectivity index (χ4n) is 1.81. The maximum Gasteiger partial charge on any atom is 0.131 e. The van der Waals surface area contributed by atoms with Crippen molar-refractivity contribution in [1.29, 1.82) is 0 Å². The number of halogens is 4. The van der Waals surface area contributed by atoms with Crippen LogP contribution in [0.2, 0.25) is 10.0 Å². The predicted molar refractivity (Wildman–Crippen MR) is 80.2 cm³/mol. The van der Waals surface area contributed by atoms with Crippen molar-refractivity contribution in [2.75, 3.05) is 7.11 Å². The molecule has 0 radical (unpaired) electrons. The van der Waals surface area contributed by atoms with Crippen LogP contribution in [0.3, 0.4) is 0 Å². The summed E-state index contributed by atoms with van der Waals surface area (Å²) in [4.78, 5) is -0.435. The largest absolute Gasteiger partial charge is 0.496 e. The van der Waals surface area contributed by atoms with E-state index >= 15 is 0 Å². The van der Waals surface area contributed by atoms with E-state index in [2.05, 4.69) is 15.9 Å². The molecule has 19 heavy (non-hydrogen) atoms. The molecule has 0 saturated carbocycles. The molecule has 0 bridgehead atoms. The average molecular weight is 364 g/mol. The van der Waals surface area contributed by atoms with Crippen LogP contribution < -0.4 is 4.74 Å². The summed E-state index contributed by atoms with van der Waals surface area (Å²) in [5.74, 6) is 0.0928. The van der Waals surface area contributed by atoms with Crippen molar-refractivity contribution in [3.8, 4) is 5.75 Å². The highest BCUT2D eigenvalue weighted by molar-refractivity contribution is 9.09. The molecule has 5 heteroatoms. The van der Waals surface area contributed by atoms with Crippen molar-refractivity contribution < 1.29 is 9.13 Å². The van der Waals surface area contributed by atoms with Crippen LogP contribution in [0.1, 0.15) is 16.0 Å². The lowest BCUT2D eigenvalue weighted by molar-refractivity contribution is 0.405. The zero-order valence-corrected chi connectivity index (χ0v) is 13.1. The smallest absolute Gasteiger partial charge is 0.131 e. The SMILES string of the molecule is COc1cccc(F)c1C(Br)c1cc(Cl)ccc1Cl. The van der Waals surface area contributed by atoms with Gasteiger partial charge in [0, 0.05) is 15.6 Å². The van der Waals surface area contributed by atoms with Gasteiger partial charge >= 0.3 is 0 Å². The number of hydrogen-bond donors (Lipinski definition) is 0. The summed E-state index contributed by atoms with van der Waals surface area (Å²) in [6, 6.07) is 9.74. The number of ether oxygens (including phenoxy) is 1. The summed E-state index contributed by atoms with van der Waals surface area (Å²) in [6.07, 6.45) is 0. The lowest BCUT2D eigenvalue weighted by atomic mass is 10.0. The zero-order chi connectivity index (χ0) is 14.0. The fourth-order valence-corrected chi connectivity index (χ4v) is 3.17. The van der Waals surface area contributed by atoms with Crippen LogP contribution >= 0.6 is 39.1 Å². The molecule has 2 rings (SSSR count). The second kappa shape index (κ2) is 6.12. The van der Waals surface area contributed by atoms with Crippen molar-refractivity contribution in [2.24, 2.45) is 0 Å². The van der Waals surface area contributed by atoms with Crippen LogP contribution in [0.15, 0.2) is 36.4 Å². The molecule has 1 atom stereocenters. The Bertz CT molecular complexity index is 604. The molecule has 0 amide bonds. The van der Waals surface area contributed by atoms with Gasteiger partial charge in [-0.2, -0.15) is 0 Å². The molecule has 0 N–H and O–H groups in total. The highest BCUT2D eigenvalue weighted by Gasteiger charge is 2.21. The minimum Gasteiger partial charge on any atom is -0.496 e. The van der Waals surface area contributed by atoms with Crippen LogP contribution in [-0.2, 0) is 0 Å². The summed E-state index contributed by atoms with van der Waals surface area (Å²) in [5.41, 5.74) is 1.09. The van der Waals surface area contributed by atoms with E-state index in [1.807, 2.05) is 0 Å². The van der Waals surface area contributed by atoms with Gasteiger partial charge in [-0.15, -0.1) is 0 Å². The van der Waals surface area contributed by atoms with Crippen molar-refractivity contribution in [2.45, 2.75) is 4.83 Å². The summed E-state index contributed by atoms with van der Waals surface area (Å²) in [6.45, 7) is 0. The molecule has 0 fully saturated rings. The molecule has 0 aliphatic carbocycles. The van der Waals surface area contributed by atoms with Gasteiger partial charge in [-0.05, 0) is 35.9 Å². The van der Waals surface area contributed by atoms with Gasteiger partial charge in [-0.25, -0.2) is 4.39 Å². The molecule has 0 saturated heterocycles. The minimum absolute atomic E-state index is 0.364. The summed E-state index contributed by atoms with van der Waals surface area (Å²) in [7, 11) is 1.50. The second-order valence-corrected chi connectivity index (χ2v) is 5.64. The van der Waals surface area contributed by atoms with Crippen molar-refractivity contribution >= 4 is 39.1 Å². The number of alkyl halides is 1. The van der Waals surface area contributed by atoms with Crippen LogP contribution in [0.5, 0.6) is 5.75 Å². The first-order chi connectivity index (χ1) is 9.04. The Morgan fingerprint density at radius 1 is 1.21 bits per heavy atom. The monoisotopic (exact) mass is 362 g/mol. The Balaban J connectivity index is 2.55. The molecule has 2 aromatic carbocycles. The van der Waals surface area contributed by atoms with Crippen LogP contribution in [-0.4, -0.2) is 7.11 Å². The topological polar surface area (TPSA) is 9.23 Å². The first-order valence-electron chi connectivity index (χ1n) is 5.46. The summed E-state index contributed by atoms with van der Waals surface area (Å²) < 4.78 is 19.2. The quantitative estimate of drug-likeness (QED) is 0.642. The lowest BCUT2D eigenvalue weighted by Gasteiger charge is -2.17. The van der Waals surface area contributed by atoms with E-state index < -0.39 is 4.83 Å². The Hall–Kier alpha value is -0.770. The lowest BCUT2D eigenvalue weighted by Crippen LogP contribution is -2.01. The second-order valence-electron chi connectivity index (χ2n) is 3.88. The highest BCUT2D eigenvalue weighted by atomic mass is 79.9. The van der Waals surface area contributed by atoms with Gasteiger partial charge in [0.25, 0.3) is 0 Å². The molecule has 1 unspecified atom stereocenters. The molecule has 1 nitrogen and oxygen atoms in total. The molecular formula is C14H10BrCl2FO. The normalized spacial score (nSPS) is 12.3. The number of hydrogen-bond acceptors (Lipinski definition) is 1. The van der Waals surface area contributed by atoms with Gasteiger partial charge in [0.2, 0.25) is 0 Å². The molecule has 0 aromatic heterocycles. The molecule has 100 valence electrons. The maximum atomic E-state index is 14.0. The number of rotatable bonds is 3. The van der Waals surface area contributed by atoms with Crippen molar-refractivity contribution in [3.05, 3.63) is 63.4 Å². The summed E-state index contributed by atoms with van der Waals surface area (Å²) >= 11 is 15.6. The predicted octanol–water partition coefficient (Wildman–Crippen LogP) is 5.63. The molecule has 0 aliphatic rings. The van der Waals surface area contributed by atoms with Gasteiger partial charge in [0.15, 0.2) is 0 Å². The average Bonchev–Trinajstić information content (AvgIpc) is 2.40. The van der Waals surface area contributed by atoms with E-state index in [0.717, 1.165) is 0 Å². The molecule has 0 aliphatic heterocycles. The summed E-state index contributed by atoms with van der Waals surface area (Å²) in [5, 5.41) is 1.05. The van der Waals surface area contributed by atoms with Crippen molar-refractivity contribution in [1.82, 2.24) is 0 Å². The van der Waals surface area contributed by atoms with Crippen LogP contribution in [0.25, 0.3) is 0 Å². The number of methoxy groups -OCH3 is 1. The van der Waals surface area contributed by atoms with E-state index in [-0.39, 0.29) is 5.82 Å². The Morgan fingerprint density at radius 2 is 1.95 bits per heavy atom. The highest BCUT2D eigenvalue weighted by Crippen LogP contribution is 2.41. The Morgan fingerprint density at radius 3 is 2.63 bits per heavy atom. The Kier molecular flexibility index (Phi) is 4.71. The molecule has 0 heterocycles. The molecule has 2 aromatic rings. The van der Waals surface area contributed by atoms with E-state index in [9.17, 15) is 4.39 Å². The standard InChI is InChI=1S/C14H10BrCl2FO/c1-19-12-4-2-3-11(18)13(12)14(15)9-7-8(16)5-6-10(9)17/h2-7,14H,1H3. The van der Waals surface area contributed by atoms with Gasteiger partial charge in [-0.1, -0.05) is 45.2 Å². The van der Waals surface area contributed by atoms with Gasteiger partial charge in [0.1, 0.15) is 11.6 Å². The molecular weight excluding hydrogens is 354 g/mol. The van der Waals surface area contributed by atoms with Crippen molar-refractivity contribution in [3.63, 3.8) is 0 Å². The van der Waals surface area contributed by atoms with Crippen LogP contribution in [0, 0.1) is 5.82 Å². The zero-order valence-electron chi connectivity index (χ0n) is 9.96. The van der Waals surface area contributed by atoms with Gasteiger partial charge < -0.3 is 4.74 Å². The molecule has 0 spiro atoms. The van der Waals surface area contributed by atoms with Gasteiger partial charge in [-0.3, -0.25) is 0 Å².